The molecule has 8 heteroatoms. The van der Waals surface area contributed by atoms with Crippen LogP contribution in [-0.4, -0.2) is 26.9 Å². The molecule has 144 valence electrons. The third-order valence-electron chi connectivity index (χ3n) is 4.29. The van der Waals surface area contributed by atoms with Crippen molar-refractivity contribution in [2.24, 2.45) is 12.1 Å². The number of hydrazone groups is 1. The van der Waals surface area contributed by atoms with Gasteiger partial charge in [0, 0.05) is 11.9 Å². The van der Waals surface area contributed by atoms with E-state index in [1.807, 2.05) is 74.8 Å². The number of nitrogens with one attached hydrogen (secondary N) is 2. The van der Waals surface area contributed by atoms with Gasteiger partial charge in [0.25, 0.3) is 5.56 Å². The third-order valence-corrected chi connectivity index (χ3v) is 5.23. The van der Waals surface area contributed by atoms with Crippen LogP contribution in [0.25, 0.3) is 5.69 Å². The SMILES string of the molecule is CSc1ccc(/C=N\NC(=S)Nc2c(C)n(C)n(-c3ccccc3)c2=O)cc1. The largest absolute Gasteiger partial charge is 0.325 e. The van der Waals surface area contributed by atoms with Crippen molar-refractivity contribution in [3.8, 4) is 5.69 Å². The second-order valence-corrected chi connectivity index (χ2v) is 7.32. The fraction of sp³-hybridized carbons (Fsp3) is 0.150. The number of thiocarbonyl (C=S) groups is 1. The molecular formula is C20H21N5OS2. The molecule has 0 radical (unpaired) electrons. The predicted octanol–water partition coefficient (Wildman–Crippen LogP) is 3.53. The van der Waals surface area contributed by atoms with Crippen molar-refractivity contribution in [1.82, 2.24) is 14.8 Å². The van der Waals surface area contributed by atoms with E-state index in [0.29, 0.717) is 5.69 Å². The van der Waals surface area contributed by atoms with Crippen molar-refractivity contribution in [3.63, 3.8) is 0 Å². The minimum atomic E-state index is -0.174. The van der Waals surface area contributed by atoms with Crippen LogP contribution >= 0.6 is 24.0 Å². The Morgan fingerprint density at radius 2 is 1.82 bits per heavy atom. The van der Waals surface area contributed by atoms with Gasteiger partial charge in [-0.2, -0.15) is 5.10 Å². The average molecular weight is 412 g/mol. The average Bonchev–Trinajstić information content (AvgIpc) is 2.92. The molecule has 0 bridgehead atoms. The van der Waals surface area contributed by atoms with Gasteiger partial charge in [-0.25, -0.2) is 4.68 Å². The molecule has 0 saturated carbocycles. The maximum Gasteiger partial charge on any atom is 0.295 e. The Morgan fingerprint density at radius 3 is 2.46 bits per heavy atom. The van der Waals surface area contributed by atoms with Crippen molar-refractivity contribution in [1.29, 1.82) is 0 Å². The van der Waals surface area contributed by atoms with Gasteiger partial charge in [0.05, 0.1) is 17.6 Å². The summed E-state index contributed by atoms with van der Waals surface area (Å²) in [4.78, 5) is 14.0. The molecule has 0 saturated heterocycles. The Kier molecular flexibility index (Phi) is 6.33. The molecule has 0 unspecified atom stereocenters. The quantitative estimate of drug-likeness (QED) is 0.291. The number of aromatic nitrogens is 2. The van der Waals surface area contributed by atoms with E-state index in [4.69, 9.17) is 12.2 Å². The molecule has 3 rings (SSSR count). The molecule has 2 aromatic carbocycles. The van der Waals surface area contributed by atoms with Crippen LogP contribution < -0.4 is 16.3 Å². The highest BCUT2D eigenvalue weighted by Gasteiger charge is 2.16. The van der Waals surface area contributed by atoms with E-state index in [2.05, 4.69) is 15.8 Å². The van der Waals surface area contributed by atoms with Gasteiger partial charge in [0.1, 0.15) is 5.69 Å². The van der Waals surface area contributed by atoms with Crippen molar-refractivity contribution in [2.75, 3.05) is 11.6 Å². The maximum atomic E-state index is 12.9. The van der Waals surface area contributed by atoms with Gasteiger partial charge in [-0.15, -0.1) is 11.8 Å². The molecule has 0 atom stereocenters. The van der Waals surface area contributed by atoms with Crippen LogP contribution in [0.15, 0.2) is 69.4 Å². The first-order valence-electron chi connectivity index (χ1n) is 8.59. The summed E-state index contributed by atoms with van der Waals surface area (Å²) in [5, 5.41) is 7.35. The van der Waals surface area contributed by atoms with E-state index in [1.165, 1.54) is 4.90 Å². The Labute approximate surface area is 173 Å². The Morgan fingerprint density at radius 1 is 1.14 bits per heavy atom. The van der Waals surface area contributed by atoms with Crippen LogP contribution in [0.3, 0.4) is 0 Å². The van der Waals surface area contributed by atoms with Gasteiger partial charge < -0.3 is 5.32 Å². The lowest BCUT2D eigenvalue weighted by atomic mass is 10.2. The van der Waals surface area contributed by atoms with E-state index in [-0.39, 0.29) is 10.7 Å². The molecule has 0 spiro atoms. The highest BCUT2D eigenvalue weighted by atomic mass is 32.2. The van der Waals surface area contributed by atoms with E-state index >= 15 is 0 Å². The van der Waals surface area contributed by atoms with Crippen LogP contribution in [0.5, 0.6) is 0 Å². The monoisotopic (exact) mass is 411 g/mol. The number of hydrogen-bond donors (Lipinski definition) is 2. The lowest BCUT2D eigenvalue weighted by molar-refractivity contribution is 0.630. The standard InChI is InChI=1S/C20H21N5OS2/c1-14-18(19(26)25(24(14)2)16-7-5-4-6-8-16)22-20(27)23-21-13-15-9-11-17(28-3)12-10-15/h4-13H,1-3H3,(H2,22,23,27)/b21-13-. The molecular weight excluding hydrogens is 390 g/mol. The van der Waals surface area contributed by atoms with E-state index in [1.54, 1.807) is 27.3 Å². The number of anilines is 1. The summed E-state index contributed by atoms with van der Waals surface area (Å²) in [6.07, 6.45) is 3.71. The lowest BCUT2D eigenvalue weighted by Crippen LogP contribution is -2.28. The molecule has 6 nitrogen and oxygen atoms in total. The first kappa shape index (κ1) is 19.9. The first-order valence-corrected chi connectivity index (χ1v) is 10.2. The smallest absolute Gasteiger partial charge is 0.295 e. The number of benzene rings is 2. The van der Waals surface area contributed by atoms with Gasteiger partial charge in [0.15, 0.2) is 5.11 Å². The summed E-state index contributed by atoms with van der Waals surface area (Å²) in [6.45, 7) is 1.86. The Hall–Kier alpha value is -2.84. The zero-order valence-corrected chi connectivity index (χ0v) is 17.5. The number of para-hydroxylation sites is 1. The highest BCUT2D eigenvalue weighted by molar-refractivity contribution is 7.98. The molecule has 3 aromatic rings. The van der Waals surface area contributed by atoms with E-state index < -0.39 is 0 Å². The van der Waals surface area contributed by atoms with Crippen LogP contribution in [0, 0.1) is 6.92 Å². The summed E-state index contributed by atoms with van der Waals surface area (Å²) in [6, 6.07) is 17.5. The maximum absolute atomic E-state index is 12.9. The Bertz CT molecular complexity index is 1050. The molecule has 0 aliphatic rings. The number of hydrogen-bond acceptors (Lipinski definition) is 4. The van der Waals surface area contributed by atoms with Crippen molar-refractivity contribution >= 4 is 41.0 Å². The van der Waals surface area contributed by atoms with E-state index in [0.717, 1.165) is 16.9 Å². The van der Waals surface area contributed by atoms with Gasteiger partial charge in [-0.3, -0.25) is 14.9 Å². The summed E-state index contributed by atoms with van der Waals surface area (Å²) in [7, 11) is 1.84. The molecule has 0 aliphatic carbocycles. The van der Waals surface area contributed by atoms with Crippen LogP contribution in [0.4, 0.5) is 5.69 Å². The third kappa shape index (κ3) is 4.35. The molecule has 28 heavy (non-hydrogen) atoms. The van der Waals surface area contributed by atoms with E-state index in [9.17, 15) is 4.79 Å². The first-order chi connectivity index (χ1) is 13.5. The van der Waals surface area contributed by atoms with Gasteiger partial charge in [0.2, 0.25) is 0 Å². The molecule has 0 aliphatic heterocycles. The molecule has 1 aromatic heterocycles. The van der Waals surface area contributed by atoms with Crippen molar-refractivity contribution in [3.05, 3.63) is 76.2 Å². The summed E-state index contributed by atoms with van der Waals surface area (Å²) < 4.78 is 3.38. The van der Waals surface area contributed by atoms with Crippen molar-refractivity contribution < 1.29 is 0 Å². The summed E-state index contributed by atoms with van der Waals surface area (Å²) in [5.41, 5.74) is 5.52. The summed E-state index contributed by atoms with van der Waals surface area (Å²) in [5.74, 6) is 0. The zero-order valence-electron chi connectivity index (χ0n) is 15.8. The minimum Gasteiger partial charge on any atom is -0.325 e. The number of nitrogens with zero attached hydrogens (tertiary/aromatic N) is 3. The Balaban J connectivity index is 1.72. The van der Waals surface area contributed by atoms with Crippen LogP contribution in [0.2, 0.25) is 0 Å². The van der Waals surface area contributed by atoms with Crippen LogP contribution in [0.1, 0.15) is 11.3 Å². The topological polar surface area (TPSA) is 63.4 Å². The van der Waals surface area contributed by atoms with Gasteiger partial charge in [-0.05, 0) is 55.2 Å². The zero-order chi connectivity index (χ0) is 20.1. The fourth-order valence-electron chi connectivity index (χ4n) is 2.71. The fourth-order valence-corrected chi connectivity index (χ4v) is 3.27. The second kappa shape index (κ2) is 8.90. The molecule has 0 fully saturated rings. The number of rotatable bonds is 5. The second-order valence-electron chi connectivity index (χ2n) is 6.03. The van der Waals surface area contributed by atoms with Crippen molar-refractivity contribution in [2.45, 2.75) is 11.8 Å². The highest BCUT2D eigenvalue weighted by Crippen LogP contribution is 2.15. The molecule has 0 amide bonds. The number of thioether (sulfide) groups is 1. The normalized spacial score (nSPS) is 11.0. The minimum absolute atomic E-state index is 0.174. The lowest BCUT2D eigenvalue weighted by Gasteiger charge is -2.07. The van der Waals surface area contributed by atoms with Crippen LogP contribution in [-0.2, 0) is 7.05 Å². The summed E-state index contributed by atoms with van der Waals surface area (Å²) >= 11 is 6.97. The molecule has 1 heterocycles. The van der Waals surface area contributed by atoms with Gasteiger partial charge >= 0.3 is 0 Å². The van der Waals surface area contributed by atoms with Gasteiger partial charge in [-0.1, -0.05) is 30.3 Å². The molecule has 2 N–H and O–H groups in total. The predicted molar refractivity (Wildman–Crippen MR) is 121 cm³/mol.